The van der Waals surface area contributed by atoms with E-state index in [9.17, 15) is 4.79 Å². The molecule has 122 valence electrons. The lowest BCUT2D eigenvalue weighted by Crippen LogP contribution is -2.47. The normalized spacial score (nSPS) is 41.2. The maximum absolute atomic E-state index is 11.8. The van der Waals surface area contributed by atoms with Crippen molar-refractivity contribution >= 4 is 23.2 Å². The summed E-state index contributed by atoms with van der Waals surface area (Å²) in [5.41, 5.74) is 2.00. The molecule has 0 radical (unpaired) electrons. The van der Waals surface area contributed by atoms with Gasteiger partial charge in [0.15, 0.2) is 0 Å². The van der Waals surface area contributed by atoms with Crippen molar-refractivity contribution in [3.8, 4) is 0 Å². The van der Waals surface area contributed by atoms with Crippen LogP contribution >= 0.6 is 11.8 Å². The van der Waals surface area contributed by atoms with Crippen molar-refractivity contribution in [2.24, 2.45) is 16.8 Å². The summed E-state index contributed by atoms with van der Waals surface area (Å²) >= 11 is 1.87. The first kappa shape index (κ1) is 15.0. The smallest absolute Gasteiger partial charge is 0.223 e. The predicted molar refractivity (Wildman–Crippen MR) is 88.0 cm³/mol. The van der Waals surface area contributed by atoms with Crippen molar-refractivity contribution in [1.29, 1.82) is 0 Å². The summed E-state index contributed by atoms with van der Waals surface area (Å²) in [6.07, 6.45) is 7.16. The zero-order chi connectivity index (χ0) is 14.9. The quantitative estimate of drug-likeness (QED) is 0.824. The highest BCUT2D eigenvalue weighted by atomic mass is 32.2. The van der Waals surface area contributed by atoms with Crippen LogP contribution in [0.4, 0.5) is 0 Å². The second kappa shape index (κ2) is 6.49. The van der Waals surface area contributed by atoms with Gasteiger partial charge < -0.3 is 10.1 Å². The maximum Gasteiger partial charge on any atom is 0.223 e. The Morgan fingerprint density at radius 1 is 1.36 bits per heavy atom. The van der Waals surface area contributed by atoms with Crippen LogP contribution < -0.4 is 10.6 Å². The van der Waals surface area contributed by atoms with E-state index in [1.807, 2.05) is 17.3 Å². The highest BCUT2D eigenvalue weighted by molar-refractivity contribution is 8.12. The van der Waals surface area contributed by atoms with E-state index >= 15 is 0 Å². The molecule has 1 amide bonds. The Labute approximate surface area is 136 Å². The Morgan fingerprint density at radius 2 is 2.27 bits per heavy atom. The third-order valence-electron chi connectivity index (χ3n) is 5.32. The molecule has 22 heavy (non-hydrogen) atoms. The number of fused-ring (bicyclic) bond motifs is 3. The summed E-state index contributed by atoms with van der Waals surface area (Å²) < 4.78 is 6.36. The molecule has 0 aromatic carbocycles. The first-order valence-electron chi connectivity index (χ1n) is 8.62. The van der Waals surface area contributed by atoms with Crippen LogP contribution in [-0.2, 0) is 9.53 Å². The zero-order valence-electron chi connectivity index (χ0n) is 12.9. The number of thioether (sulfide) groups is 1. The molecule has 2 aliphatic carbocycles. The molecule has 5 unspecified atom stereocenters. The first-order chi connectivity index (χ1) is 10.8. The van der Waals surface area contributed by atoms with Crippen molar-refractivity contribution in [2.75, 3.05) is 13.1 Å². The van der Waals surface area contributed by atoms with Crippen LogP contribution in [0.5, 0.6) is 0 Å². The van der Waals surface area contributed by atoms with Gasteiger partial charge in [0.2, 0.25) is 5.91 Å². The van der Waals surface area contributed by atoms with Gasteiger partial charge in [-0.1, -0.05) is 0 Å². The summed E-state index contributed by atoms with van der Waals surface area (Å²) in [6, 6.07) is 0.515. The molecule has 0 aromatic rings. The molecule has 2 aliphatic heterocycles. The molecule has 4 rings (SSSR count). The summed E-state index contributed by atoms with van der Waals surface area (Å²) in [5, 5.41) is 7.26. The highest BCUT2D eigenvalue weighted by Crippen LogP contribution is 2.37. The molecular weight excluding hydrogens is 298 g/mol. The maximum atomic E-state index is 11.8. The van der Waals surface area contributed by atoms with E-state index in [1.54, 1.807) is 0 Å². The number of aliphatic imine (C=N–C) groups is 1. The lowest BCUT2D eigenvalue weighted by atomic mass is 9.92. The number of amides is 1. The van der Waals surface area contributed by atoms with E-state index in [2.05, 4.69) is 15.6 Å². The van der Waals surface area contributed by atoms with Crippen LogP contribution in [0.2, 0.25) is 0 Å². The number of hydrogen-bond acceptors (Lipinski definition) is 5. The standard InChI is InChI=1S/C16H25N3O2S/c20-16(10-4-5-10)18-8-15-19-11-2-1-3-13(21-15)12(6-11)14-7-17-9-22-14/h9-15,19H,1-8H2,(H,18,20). The summed E-state index contributed by atoms with van der Waals surface area (Å²) in [5.74, 6) is 1.05. The van der Waals surface area contributed by atoms with Gasteiger partial charge in [-0.15, -0.1) is 11.8 Å². The Morgan fingerprint density at radius 3 is 3.05 bits per heavy atom. The van der Waals surface area contributed by atoms with Crippen LogP contribution in [0.25, 0.3) is 0 Å². The largest absolute Gasteiger partial charge is 0.358 e. The van der Waals surface area contributed by atoms with Crippen molar-refractivity contribution in [1.82, 2.24) is 10.6 Å². The second-order valence-corrected chi connectivity index (χ2v) is 8.11. The number of nitrogens with zero attached hydrogens (tertiary/aromatic N) is 1. The van der Waals surface area contributed by atoms with Crippen molar-refractivity contribution in [2.45, 2.75) is 62.1 Å². The number of carbonyl (C=O) groups is 1. The molecule has 3 fully saturated rings. The Bertz CT molecular complexity index is 447. The van der Waals surface area contributed by atoms with E-state index in [4.69, 9.17) is 4.74 Å². The van der Waals surface area contributed by atoms with Crippen LogP contribution in [0.1, 0.15) is 38.5 Å². The fraction of sp³-hybridized carbons (Fsp3) is 0.875. The monoisotopic (exact) mass is 323 g/mol. The van der Waals surface area contributed by atoms with Gasteiger partial charge in [-0.25, -0.2) is 0 Å². The SMILES string of the molecule is O=C(NCC1NC2CCCC(O1)C(C1CN=CS1)C2)C1CC1. The molecule has 5 atom stereocenters. The molecule has 1 saturated heterocycles. The van der Waals surface area contributed by atoms with Gasteiger partial charge in [0, 0.05) is 23.1 Å². The molecule has 2 bridgehead atoms. The Kier molecular flexibility index (Phi) is 4.42. The Balaban J connectivity index is 1.38. The zero-order valence-corrected chi connectivity index (χ0v) is 13.7. The summed E-state index contributed by atoms with van der Waals surface area (Å²) in [4.78, 5) is 16.2. The number of ether oxygens (including phenoxy) is 1. The number of hydrogen-bond donors (Lipinski definition) is 2. The minimum Gasteiger partial charge on any atom is -0.358 e. The van der Waals surface area contributed by atoms with E-state index in [1.165, 1.54) is 19.3 Å². The topological polar surface area (TPSA) is 62.7 Å². The second-order valence-electron chi connectivity index (χ2n) is 7.02. The van der Waals surface area contributed by atoms with Crippen molar-refractivity contribution in [3.05, 3.63) is 0 Å². The first-order valence-corrected chi connectivity index (χ1v) is 9.57. The van der Waals surface area contributed by atoms with E-state index < -0.39 is 0 Å². The summed E-state index contributed by atoms with van der Waals surface area (Å²) in [6.45, 7) is 1.54. The molecule has 2 saturated carbocycles. The highest BCUT2D eigenvalue weighted by Gasteiger charge is 2.40. The van der Waals surface area contributed by atoms with Gasteiger partial charge in [-0.3, -0.25) is 15.1 Å². The number of rotatable bonds is 4. The third kappa shape index (κ3) is 3.34. The van der Waals surface area contributed by atoms with E-state index in [0.717, 1.165) is 25.8 Å². The Hall–Kier alpha value is -0.590. The van der Waals surface area contributed by atoms with Crippen LogP contribution in [-0.4, -0.2) is 48.2 Å². The van der Waals surface area contributed by atoms with Gasteiger partial charge in [-0.2, -0.15) is 0 Å². The molecule has 2 heterocycles. The predicted octanol–water partition coefficient (Wildman–Crippen LogP) is 1.53. The van der Waals surface area contributed by atoms with Crippen LogP contribution in [0.3, 0.4) is 0 Å². The van der Waals surface area contributed by atoms with Crippen molar-refractivity contribution < 1.29 is 9.53 Å². The molecule has 0 spiro atoms. The van der Waals surface area contributed by atoms with Gasteiger partial charge in [0.25, 0.3) is 0 Å². The average molecular weight is 323 g/mol. The number of carbonyl (C=O) groups excluding carboxylic acids is 1. The molecule has 2 N–H and O–H groups in total. The van der Waals surface area contributed by atoms with Crippen LogP contribution in [0.15, 0.2) is 4.99 Å². The molecule has 5 nitrogen and oxygen atoms in total. The molecule has 0 aromatic heterocycles. The van der Waals surface area contributed by atoms with Gasteiger partial charge in [0.1, 0.15) is 6.23 Å². The van der Waals surface area contributed by atoms with Crippen LogP contribution in [0, 0.1) is 11.8 Å². The minimum atomic E-state index is -0.0321. The minimum absolute atomic E-state index is 0.0321. The van der Waals surface area contributed by atoms with E-state index in [-0.39, 0.29) is 18.1 Å². The molecule has 4 aliphatic rings. The van der Waals surface area contributed by atoms with E-state index in [0.29, 0.717) is 29.9 Å². The fourth-order valence-electron chi connectivity index (χ4n) is 3.94. The lowest BCUT2D eigenvalue weighted by Gasteiger charge is -2.30. The van der Waals surface area contributed by atoms with Gasteiger partial charge in [-0.05, 0) is 38.5 Å². The van der Waals surface area contributed by atoms with Gasteiger partial charge in [0.05, 0.1) is 24.7 Å². The van der Waals surface area contributed by atoms with Crippen molar-refractivity contribution in [3.63, 3.8) is 0 Å². The lowest BCUT2D eigenvalue weighted by molar-refractivity contribution is -0.123. The molecule has 6 heteroatoms. The van der Waals surface area contributed by atoms with Gasteiger partial charge >= 0.3 is 0 Å². The number of nitrogens with one attached hydrogen (secondary N) is 2. The molecular formula is C16H25N3O2S. The average Bonchev–Trinajstić information content (AvgIpc) is 3.27. The third-order valence-corrected chi connectivity index (χ3v) is 6.44. The summed E-state index contributed by atoms with van der Waals surface area (Å²) in [7, 11) is 0. The fourth-order valence-corrected chi connectivity index (χ4v) is 4.93.